The van der Waals surface area contributed by atoms with Crippen LogP contribution >= 0.6 is 0 Å². The van der Waals surface area contributed by atoms with Gasteiger partial charge < -0.3 is 14.8 Å². The third-order valence-electron chi connectivity index (χ3n) is 2.30. The van der Waals surface area contributed by atoms with Crippen molar-refractivity contribution in [2.45, 2.75) is 19.9 Å². The molecule has 17 heavy (non-hydrogen) atoms. The zero-order valence-corrected chi connectivity index (χ0v) is 10.5. The molecule has 1 aromatic rings. The first-order valence-corrected chi connectivity index (χ1v) is 5.88. The highest BCUT2D eigenvalue weighted by atomic mass is 19.1. The molecule has 0 heterocycles. The van der Waals surface area contributed by atoms with E-state index in [1.165, 1.54) is 6.07 Å². The molecule has 1 aromatic carbocycles. The van der Waals surface area contributed by atoms with Gasteiger partial charge in [-0.15, -0.1) is 0 Å². The Kier molecular flexibility index (Phi) is 6.58. The van der Waals surface area contributed by atoms with Crippen LogP contribution in [0.2, 0.25) is 0 Å². The molecule has 3 nitrogen and oxygen atoms in total. The molecule has 4 heteroatoms. The van der Waals surface area contributed by atoms with Crippen LogP contribution in [0.3, 0.4) is 0 Å². The van der Waals surface area contributed by atoms with Crippen molar-refractivity contribution < 1.29 is 13.9 Å². The summed E-state index contributed by atoms with van der Waals surface area (Å²) in [5, 5.41) is 3.22. The molecule has 0 aliphatic heterocycles. The Morgan fingerprint density at radius 1 is 1.29 bits per heavy atom. The molecule has 96 valence electrons. The summed E-state index contributed by atoms with van der Waals surface area (Å²) in [4.78, 5) is 0. The lowest BCUT2D eigenvalue weighted by Gasteiger charge is -2.08. The van der Waals surface area contributed by atoms with E-state index in [4.69, 9.17) is 9.47 Å². The number of nitrogens with one attached hydrogen (secondary N) is 1. The van der Waals surface area contributed by atoms with Gasteiger partial charge in [-0.1, -0.05) is 13.0 Å². The number of methoxy groups -OCH3 is 1. The molecular formula is C13H20FNO2. The van der Waals surface area contributed by atoms with Gasteiger partial charge in [0.05, 0.1) is 6.61 Å². The first-order valence-electron chi connectivity index (χ1n) is 5.88. The molecule has 0 saturated heterocycles. The topological polar surface area (TPSA) is 30.5 Å². The van der Waals surface area contributed by atoms with Gasteiger partial charge in [-0.3, -0.25) is 0 Å². The summed E-state index contributed by atoms with van der Waals surface area (Å²) >= 11 is 0. The standard InChI is InChI=1S/C13H20FNO2/c1-3-6-15-10-11-4-5-13(12(14)9-11)17-8-7-16-2/h4-5,9,15H,3,6-8,10H2,1-2H3. The normalized spacial score (nSPS) is 10.5. The fourth-order valence-electron chi connectivity index (χ4n) is 1.42. The molecule has 0 spiro atoms. The summed E-state index contributed by atoms with van der Waals surface area (Å²) in [6, 6.07) is 5.03. The predicted octanol–water partition coefficient (Wildman–Crippen LogP) is 2.35. The van der Waals surface area contributed by atoms with Crippen LogP contribution in [0.25, 0.3) is 0 Å². The zero-order chi connectivity index (χ0) is 12.5. The van der Waals surface area contributed by atoms with Crippen molar-refractivity contribution in [2.24, 2.45) is 0 Å². The van der Waals surface area contributed by atoms with E-state index in [0.29, 0.717) is 19.8 Å². The first-order chi connectivity index (χ1) is 8.27. The number of hydrogen-bond acceptors (Lipinski definition) is 3. The first kappa shape index (κ1) is 13.9. The quantitative estimate of drug-likeness (QED) is 0.709. The van der Waals surface area contributed by atoms with Crippen LogP contribution in [-0.4, -0.2) is 26.9 Å². The maximum absolute atomic E-state index is 13.6. The highest BCUT2D eigenvalue weighted by Crippen LogP contribution is 2.18. The third kappa shape index (κ3) is 5.15. The second kappa shape index (κ2) is 8.03. The highest BCUT2D eigenvalue weighted by molar-refractivity contribution is 5.29. The van der Waals surface area contributed by atoms with Crippen LogP contribution in [-0.2, 0) is 11.3 Å². The van der Waals surface area contributed by atoms with Gasteiger partial charge in [0.2, 0.25) is 0 Å². The van der Waals surface area contributed by atoms with Gasteiger partial charge in [-0.05, 0) is 30.7 Å². The average Bonchev–Trinajstić information content (AvgIpc) is 2.32. The van der Waals surface area contributed by atoms with E-state index in [1.54, 1.807) is 13.2 Å². The molecule has 1 rings (SSSR count). The van der Waals surface area contributed by atoms with Gasteiger partial charge in [0.1, 0.15) is 6.61 Å². The van der Waals surface area contributed by atoms with Gasteiger partial charge in [-0.2, -0.15) is 0 Å². The summed E-state index contributed by atoms with van der Waals surface area (Å²) in [7, 11) is 1.59. The smallest absolute Gasteiger partial charge is 0.165 e. The van der Waals surface area contributed by atoms with Crippen LogP contribution in [0.15, 0.2) is 18.2 Å². The minimum Gasteiger partial charge on any atom is -0.488 e. The van der Waals surface area contributed by atoms with E-state index in [1.807, 2.05) is 6.07 Å². The maximum atomic E-state index is 13.6. The molecule has 0 aromatic heterocycles. The molecule has 0 amide bonds. The van der Waals surface area contributed by atoms with Gasteiger partial charge in [0.15, 0.2) is 11.6 Å². The second-order valence-electron chi connectivity index (χ2n) is 3.78. The van der Waals surface area contributed by atoms with Gasteiger partial charge in [-0.25, -0.2) is 4.39 Å². The number of hydrogen-bond donors (Lipinski definition) is 1. The molecule has 0 fully saturated rings. The van der Waals surface area contributed by atoms with Crippen molar-refractivity contribution in [3.63, 3.8) is 0 Å². The van der Waals surface area contributed by atoms with Crippen LogP contribution in [0.4, 0.5) is 4.39 Å². The fraction of sp³-hybridized carbons (Fsp3) is 0.538. The van der Waals surface area contributed by atoms with E-state index in [0.717, 1.165) is 18.5 Å². The van der Waals surface area contributed by atoms with Crippen LogP contribution in [0.5, 0.6) is 5.75 Å². The van der Waals surface area contributed by atoms with Crippen molar-refractivity contribution in [1.29, 1.82) is 0 Å². The summed E-state index contributed by atoms with van der Waals surface area (Å²) < 4.78 is 23.7. The summed E-state index contributed by atoms with van der Waals surface area (Å²) in [6.45, 7) is 4.54. The SMILES string of the molecule is CCCNCc1ccc(OCCOC)c(F)c1. The molecule has 0 unspecified atom stereocenters. The Balaban J connectivity index is 2.47. The molecule has 0 atom stereocenters. The summed E-state index contributed by atoms with van der Waals surface area (Å²) in [6.07, 6.45) is 1.07. The van der Waals surface area contributed by atoms with Crippen molar-refractivity contribution in [3.05, 3.63) is 29.6 Å². The second-order valence-corrected chi connectivity index (χ2v) is 3.78. The van der Waals surface area contributed by atoms with E-state index in [2.05, 4.69) is 12.2 Å². The molecule has 0 saturated carbocycles. The van der Waals surface area contributed by atoms with Crippen LogP contribution < -0.4 is 10.1 Å². The summed E-state index contributed by atoms with van der Waals surface area (Å²) in [5.74, 6) is -0.0433. The van der Waals surface area contributed by atoms with Crippen molar-refractivity contribution in [1.82, 2.24) is 5.32 Å². The Morgan fingerprint density at radius 3 is 2.76 bits per heavy atom. The monoisotopic (exact) mass is 241 g/mol. The Hall–Kier alpha value is -1.13. The lowest BCUT2D eigenvalue weighted by atomic mass is 10.2. The number of ether oxygens (including phenoxy) is 2. The number of benzene rings is 1. The van der Waals surface area contributed by atoms with Crippen molar-refractivity contribution in [2.75, 3.05) is 26.9 Å². The molecular weight excluding hydrogens is 221 g/mol. The van der Waals surface area contributed by atoms with E-state index < -0.39 is 0 Å². The Labute approximate surface area is 102 Å². The van der Waals surface area contributed by atoms with Crippen molar-refractivity contribution >= 4 is 0 Å². The lowest BCUT2D eigenvalue weighted by molar-refractivity contribution is 0.144. The maximum Gasteiger partial charge on any atom is 0.165 e. The minimum absolute atomic E-state index is 0.279. The number of rotatable bonds is 8. The molecule has 0 aliphatic carbocycles. The molecule has 1 N–H and O–H groups in total. The predicted molar refractivity (Wildman–Crippen MR) is 65.8 cm³/mol. The Morgan fingerprint density at radius 2 is 2.12 bits per heavy atom. The minimum atomic E-state index is -0.322. The Bertz CT molecular complexity index is 331. The summed E-state index contributed by atoms with van der Waals surface area (Å²) in [5.41, 5.74) is 0.926. The highest BCUT2D eigenvalue weighted by Gasteiger charge is 2.04. The molecule has 0 aliphatic rings. The lowest BCUT2D eigenvalue weighted by Crippen LogP contribution is -2.14. The van der Waals surface area contributed by atoms with E-state index >= 15 is 0 Å². The van der Waals surface area contributed by atoms with Crippen LogP contribution in [0, 0.1) is 5.82 Å². The van der Waals surface area contributed by atoms with Gasteiger partial charge in [0, 0.05) is 13.7 Å². The van der Waals surface area contributed by atoms with Gasteiger partial charge >= 0.3 is 0 Å². The zero-order valence-electron chi connectivity index (χ0n) is 10.5. The number of halogens is 1. The van der Waals surface area contributed by atoms with E-state index in [-0.39, 0.29) is 11.6 Å². The van der Waals surface area contributed by atoms with Crippen molar-refractivity contribution in [3.8, 4) is 5.75 Å². The fourth-order valence-corrected chi connectivity index (χ4v) is 1.42. The van der Waals surface area contributed by atoms with Gasteiger partial charge in [0.25, 0.3) is 0 Å². The molecule has 0 bridgehead atoms. The van der Waals surface area contributed by atoms with Crippen LogP contribution in [0.1, 0.15) is 18.9 Å². The third-order valence-corrected chi connectivity index (χ3v) is 2.30. The largest absolute Gasteiger partial charge is 0.488 e. The molecule has 0 radical (unpaired) electrons. The van der Waals surface area contributed by atoms with E-state index in [9.17, 15) is 4.39 Å². The average molecular weight is 241 g/mol.